The normalized spacial score (nSPS) is 19.4. The summed E-state index contributed by atoms with van der Waals surface area (Å²) in [7, 11) is -3.30. The predicted octanol–water partition coefficient (Wildman–Crippen LogP) is -1.90. The van der Waals surface area contributed by atoms with Gasteiger partial charge in [-0.05, 0) is 0 Å². The van der Waals surface area contributed by atoms with Crippen LogP contribution in [0.4, 0.5) is 0 Å². The summed E-state index contributed by atoms with van der Waals surface area (Å²) in [4.78, 5) is 22.8. The van der Waals surface area contributed by atoms with E-state index < -0.39 is 28.0 Å². The lowest BCUT2D eigenvalue weighted by atomic mass is 10.2. The van der Waals surface area contributed by atoms with Crippen LogP contribution in [0.3, 0.4) is 0 Å². The van der Waals surface area contributed by atoms with E-state index in [-0.39, 0.29) is 26.2 Å². The second-order valence-corrected chi connectivity index (χ2v) is 5.76. The topological polar surface area (TPSA) is 115 Å². The van der Waals surface area contributed by atoms with Gasteiger partial charge in [-0.1, -0.05) is 0 Å². The van der Waals surface area contributed by atoms with Crippen molar-refractivity contribution < 1.29 is 28.2 Å². The number of carboxylic acid groups (broad SMARTS) is 2. The number of carbonyl (C=O) groups is 2. The number of carboxylic acids is 2. The quantitative estimate of drug-likeness (QED) is 0.571. The molecule has 1 aliphatic heterocycles. The van der Waals surface area contributed by atoms with Crippen LogP contribution in [-0.4, -0.2) is 78.3 Å². The smallest absolute Gasteiger partial charge is 0.332 e. The highest BCUT2D eigenvalue weighted by atomic mass is 32.2. The highest BCUT2D eigenvalue weighted by Gasteiger charge is 2.36. The van der Waals surface area contributed by atoms with Gasteiger partial charge in [0, 0.05) is 26.2 Å². The van der Waals surface area contributed by atoms with Gasteiger partial charge < -0.3 is 10.2 Å². The molecule has 0 bridgehead atoms. The Labute approximate surface area is 98.5 Å². The second-order valence-electron chi connectivity index (χ2n) is 3.78. The largest absolute Gasteiger partial charge is 0.480 e. The summed E-state index contributed by atoms with van der Waals surface area (Å²) in [5, 5.41) is 17.5. The number of aliphatic carboxylic acids is 2. The molecule has 1 saturated heterocycles. The lowest BCUT2D eigenvalue weighted by molar-refractivity contribution is -0.157. The molecule has 2 N–H and O–H groups in total. The van der Waals surface area contributed by atoms with Crippen LogP contribution in [0.1, 0.15) is 0 Å². The Hall–Kier alpha value is -1.19. The zero-order valence-electron chi connectivity index (χ0n) is 9.24. The zero-order chi connectivity index (χ0) is 13.2. The van der Waals surface area contributed by atoms with E-state index in [1.165, 1.54) is 9.21 Å². The molecule has 0 aromatic carbocycles. The summed E-state index contributed by atoms with van der Waals surface area (Å²) in [5.41, 5.74) is 0. The van der Waals surface area contributed by atoms with Crippen molar-refractivity contribution in [3.63, 3.8) is 0 Å². The molecular formula is C8H14N2O6S. The van der Waals surface area contributed by atoms with Crippen molar-refractivity contribution in [1.82, 2.24) is 9.21 Å². The number of piperazine rings is 1. The van der Waals surface area contributed by atoms with Gasteiger partial charge >= 0.3 is 11.9 Å². The van der Waals surface area contributed by atoms with Crippen LogP contribution >= 0.6 is 0 Å². The maximum absolute atomic E-state index is 11.2. The highest BCUT2D eigenvalue weighted by molar-refractivity contribution is 7.88. The maximum Gasteiger partial charge on any atom is 0.332 e. The average Bonchev–Trinajstić information content (AvgIpc) is 2.15. The van der Waals surface area contributed by atoms with Crippen LogP contribution in [0.25, 0.3) is 0 Å². The first-order valence-electron chi connectivity index (χ1n) is 4.88. The number of hydrogen-bond donors (Lipinski definition) is 2. The molecule has 1 fully saturated rings. The molecular weight excluding hydrogens is 252 g/mol. The molecule has 8 nitrogen and oxygen atoms in total. The minimum absolute atomic E-state index is 0.0936. The number of sulfonamides is 1. The number of nitrogens with zero attached hydrogens (tertiary/aromatic N) is 2. The summed E-state index contributed by atoms with van der Waals surface area (Å²) in [6.07, 6.45) is 1.06. The standard InChI is InChI=1S/C8H14N2O6S/c1-17(15,16)10-4-2-9(3-5-10)6(7(11)12)8(13)14/h6H,2-5H2,1H3,(H,11,12)(H,13,14). The van der Waals surface area contributed by atoms with E-state index in [0.29, 0.717) is 0 Å². The molecule has 1 aliphatic rings. The Balaban J connectivity index is 2.68. The molecule has 0 radical (unpaired) electrons. The van der Waals surface area contributed by atoms with Crippen molar-refractivity contribution in [3.05, 3.63) is 0 Å². The summed E-state index contributed by atoms with van der Waals surface area (Å²) in [6, 6.07) is -1.61. The van der Waals surface area contributed by atoms with Crippen molar-refractivity contribution in [2.75, 3.05) is 32.4 Å². The Bertz CT molecular complexity index is 398. The van der Waals surface area contributed by atoms with E-state index in [9.17, 15) is 18.0 Å². The first-order chi connectivity index (χ1) is 7.73. The number of hydrogen-bond acceptors (Lipinski definition) is 5. The summed E-state index contributed by atoms with van der Waals surface area (Å²) in [6.45, 7) is 0.401. The molecule has 0 saturated carbocycles. The Morgan fingerprint density at radius 1 is 1.06 bits per heavy atom. The lowest BCUT2D eigenvalue weighted by Gasteiger charge is -2.34. The Morgan fingerprint density at radius 2 is 1.47 bits per heavy atom. The van der Waals surface area contributed by atoms with Gasteiger partial charge in [-0.25, -0.2) is 18.0 Å². The minimum Gasteiger partial charge on any atom is -0.480 e. The molecule has 0 unspecified atom stereocenters. The molecule has 0 aromatic heterocycles. The highest BCUT2D eigenvalue weighted by Crippen LogP contribution is 2.09. The van der Waals surface area contributed by atoms with Crippen molar-refractivity contribution in [2.45, 2.75) is 6.04 Å². The third-order valence-electron chi connectivity index (χ3n) is 2.58. The minimum atomic E-state index is -3.30. The molecule has 0 aromatic rings. The third kappa shape index (κ3) is 3.38. The van der Waals surface area contributed by atoms with Gasteiger partial charge in [-0.3, -0.25) is 4.90 Å². The molecule has 0 amide bonds. The van der Waals surface area contributed by atoms with Crippen LogP contribution in [0.5, 0.6) is 0 Å². The van der Waals surface area contributed by atoms with Crippen LogP contribution in [0, 0.1) is 0 Å². The van der Waals surface area contributed by atoms with E-state index in [2.05, 4.69) is 0 Å². The van der Waals surface area contributed by atoms with Gasteiger partial charge in [0.25, 0.3) is 0 Å². The van der Waals surface area contributed by atoms with Crippen LogP contribution in [-0.2, 0) is 19.6 Å². The molecule has 9 heteroatoms. The Kier molecular flexibility index (Phi) is 4.07. The molecule has 17 heavy (non-hydrogen) atoms. The fourth-order valence-corrected chi connectivity index (χ4v) is 2.54. The fraction of sp³-hybridized carbons (Fsp3) is 0.750. The van der Waals surface area contributed by atoms with Crippen molar-refractivity contribution in [1.29, 1.82) is 0 Å². The van der Waals surface area contributed by atoms with Gasteiger partial charge in [-0.15, -0.1) is 0 Å². The monoisotopic (exact) mass is 266 g/mol. The Morgan fingerprint density at radius 3 is 1.76 bits per heavy atom. The van der Waals surface area contributed by atoms with E-state index in [4.69, 9.17) is 10.2 Å². The molecule has 0 atom stereocenters. The van der Waals surface area contributed by atoms with Crippen molar-refractivity contribution >= 4 is 22.0 Å². The molecule has 0 aliphatic carbocycles. The number of rotatable bonds is 4. The molecule has 1 heterocycles. The van der Waals surface area contributed by atoms with Gasteiger partial charge in [0.2, 0.25) is 16.1 Å². The van der Waals surface area contributed by atoms with Crippen LogP contribution in [0.15, 0.2) is 0 Å². The first kappa shape index (κ1) is 13.9. The zero-order valence-corrected chi connectivity index (χ0v) is 10.1. The molecule has 98 valence electrons. The van der Waals surface area contributed by atoms with E-state index >= 15 is 0 Å². The van der Waals surface area contributed by atoms with E-state index in [1.54, 1.807) is 0 Å². The van der Waals surface area contributed by atoms with E-state index in [1.807, 2.05) is 0 Å². The van der Waals surface area contributed by atoms with E-state index in [0.717, 1.165) is 6.26 Å². The van der Waals surface area contributed by atoms with Crippen molar-refractivity contribution in [3.8, 4) is 0 Å². The maximum atomic E-state index is 11.2. The average molecular weight is 266 g/mol. The van der Waals surface area contributed by atoms with Gasteiger partial charge in [-0.2, -0.15) is 4.31 Å². The van der Waals surface area contributed by atoms with Gasteiger partial charge in [0.15, 0.2) is 0 Å². The van der Waals surface area contributed by atoms with Gasteiger partial charge in [0.05, 0.1) is 6.26 Å². The van der Waals surface area contributed by atoms with Crippen LogP contribution < -0.4 is 0 Å². The first-order valence-corrected chi connectivity index (χ1v) is 6.73. The SMILES string of the molecule is CS(=O)(=O)N1CCN(C(C(=O)O)C(=O)O)CC1. The summed E-state index contributed by atoms with van der Waals surface area (Å²) < 4.78 is 23.6. The lowest BCUT2D eigenvalue weighted by Crippen LogP contribution is -2.56. The fourth-order valence-electron chi connectivity index (χ4n) is 1.71. The molecule has 1 rings (SSSR count). The third-order valence-corrected chi connectivity index (χ3v) is 3.88. The van der Waals surface area contributed by atoms with Crippen LogP contribution in [0.2, 0.25) is 0 Å². The molecule has 0 spiro atoms. The summed E-state index contributed by atoms with van der Waals surface area (Å²) >= 11 is 0. The second kappa shape index (κ2) is 4.98. The van der Waals surface area contributed by atoms with Gasteiger partial charge in [0.1, 0.15) is 0 Å². The summed E-state index contributed by atoms with van der Waals surface area (Å²) in [5.74, 6) is -2.88. The van der Waals surface area contributed by atoms with Crippen molar-refractivity contribution in [2.24, 2.45) is 0 Å². The predicted molar refractivity (Wildman–Crippen MR) is 57.0 cm³/mol.